The van der Waals surface area contributed by atoms with Gasteiger partial charge >= 0.3 is 0 Å². The van der Waals surface area contributed by atoms with Crippen molar-refractivity contribution in [1.82, 2.24) is 14.6 Å². The van der Waals surface area contributed by atoms with Gasteiger partial charge < -0.3 is 9.47 Å². The van der Waals surface area contributed by atoms with Gasteiger partial charge in [-0.05, 0) is 36.4 Å². The molecule has 0 unspecified atom stereocenters. The van der Waals surface area contributed by atoms with Crippen molar-refractivity contribution in [3.63, 3.8) is 0 Å². The second kappa shape index (κ2) is 7.43. The molecule has 4 rings (SSSR count). The Kier molecular flexibility index (Phi) is 4.97. The highest BCUT2D eigenvalue weighted by atomic mass is 35.5. The predicted molar refractivity (Wildman–Crippen MR) is 111 cm³/mol. The summed E-state index contributed by atoms with van der Waals surface area (Å²) in [4.78, 5) is 17.7. The van der Waals surface area contributed by atoms with Crippen LogP contribution < -0.4 is 19.6 Å². The summed E-state index contributed by atoms with van der Waals surface area (Å²) in [5.41, 5.74) is 1.02. The maximum Gasteiger partial charge on any atom is 0.291 e. The van der Waals surface area contributed by atoms with Crippen LogP contribution in [0.5, 0.6) is 11.5 Å². The van der Waals surface area contributed by atoms with Crippen LogP contribution in [0.3, 0.4) is 0 Å². The number of methoxy groups -OCH3 is 2. The standard InChI is InChI=1S/C19H13Cl2N3O3S/c1-26-14-7-6-10(8-15(14)27-2)17-22-19-24(23-17)18(25)16(28-19)9-11-12(20)4-3-5-13(11)21/h3-9H,1-2H3/b16-9-. The van der Waals surface area contributed by atoms with Crippen molar-refractivity contribution in [2.45, 2.75) is 0 Å². The van der Waals surface area contributed by atoms with Crippen LogP contribution in [-0.4, -0.2) is 28.8 Å². The Labute approximate surface area is 173 Å². The maximum absolute atomic E-state index is 12.7. The maximum atomic E-state index is 12.7. The lowest BCUT2D eigenvalue weighted by molar-refractivity contribution is 0.355. The third kappa shape index (κ3) is 3.22. The highest BCUT2D eigenvalue weighted by Crippen LogP contribution is 2.31. The molecule has 0 aliphatic carbocycles. The van der Waals surface area contributed by atoms with Crippen molar-refractivity contribution < 1.29 is 9.47 Å². The highest BCUT2D eigenvalue weighted by molar-refractivity contribution is 7.15. The molecule has 0 N–H and O–H groups in total. The fourth-order valence-electron chi connectivity index (χ4n) is 2.71. The monoisotopic (exact) mass is 433 g/mol. The molecule has 0 saturated carbocycles. The number of ether oxygens (including phenoxy) is 2. The lowest BCUT2D eigenvalue weighted by Crippen LogP contribution is -2.23. The lowest BCUT2D eigenvalue weighted by atomic mass is 10.2. The number of halogens is 2. The van der Waals surface area contributed by atoms with E-state index in [-0.39, 0.29) is 5.56 Å². The van der Waals surface area contributed by atoms with Gasteiger partial charge in [-0.3, -0.25) is 4.79 Å². The molecule has 2 heterocycles. The first-order valence-electron chi connectivity index (χ1n) is 8.09. The van der Waals surface area contributed by atoms with Gasteiger partial charge in [-0.2, -0.15) is 9.50 Å². The topological polar surface area (TPSA) is 65.7 Å². The Morgan fingerprint density at radius 3 is 2.43 bits per heavy atom. The average Bonchev–Trinajstić information content (AvgIpc) is 3.24. The summed E-state index contributed by atoms with van der Waals surface area (Å²) in [6, 6.07) is 10.5. The van der Waals surface area contributed by atoms with Crippen LogP contribution in [0.1, 0.15) is 5.56 Å². The van der Waals surface area contributed by atoms with Crippen LogP contribution in [0.15, 0.2) is 41.2 Å². The molecule has 0 atom stereocenters. The largest absolute Gasteiger partial charge is 0.493 e. The van der Waals surface area contributed by atoms with E-state index in [2.05, 4.69) is 10.1 Å². The van der Waals surface area contributed by atoms with Gasteiger partial charge in [0.25, 0.3) is 5.56 Å². The number of hydrogen-bond acceptors (Lipinski definition) is 6. The minimum absolute atomic E-state index is 0.282. The van der Waals surface area contributed by atoms with Crippen molar-refractivity contribution in [3.05, 3.63) is 66.9 Å². The molecule has 0 bridgehead atoms. The normalized spacial score (nSPS) is 11.9. The summed E-state index contributed by atoms with van der Waals surface area (Å²) in [7, 11) is 3.12. The molecular formula is C19H13Cl2N3O3S. The molecule has 0 radical (unpaired) electrons. The fraction of sp³-hybridized carbons (Fsp3) is 0.105. The van der Waals surface area contributed by atoms with E-state index >= 15 is 0 Å². The summed E-state index contributed by atoms with van der Waals surface area (Å²) in [5, 5.41) is 5.28. The minimum atomic E-state index is -0.282. The first-order chi connectivity index (χ1) is 13.5. The predicted octanol–water partition coefficient (Wildman–Crippen LogP) is 3.69. The van der Waals surface area contributed by atoms with E-state index < -0.39 is 0 Å². The van der Waals surface area contributed by atoms with Crippen molar-refractivity contribution in [2.75, 3.05) is 14.2 Å². The summed E-state index contributed by atoms with van der Waals surface area (Å²) in [5.74, 6) is 1.58. The first kappa shape index (κ1) is 18.7. The molecule has 2 aromatic heterocycles. The number of fused-ring (bicyclic) bond motifs is 1. The Balaban J connectivity index is 1.81. The number of nitrogens with zero attached hydrogens (tertiary/aromatic N) is 3. The zero-order valence-electron chi connectivity index (χ0n) is 14.8. The second-order valence-corrected chi connectivity index (χ2v) is 7.57. The molecule has 0 spiro atoms. The van der Waals surface area contributed by atoms with Crippen LogP contribution in [0, 0.1) is 0 Å². The third-order valence-electron chi connectivity index (χ3n) is 4.10. The van der Waals surface area contributed by atoms with E-state index in [0.717, 1.165) is 0 Å². The number of aromatic nitrogens is 3. The van der Waals surface area contributed by atoms with Crippen LogP contribution in [0.2, 0.25) is 10.0 Å². The van der Waals surface area contributed by atoms with Crippen LogP contribution >= 0.6 is 34.5 Å². The van der Waals surface area contributed by atoms with E-state index in [4.69, 9.17) is 32.7 Å². The molecule has 4 aromatic rings. The third-order valence-corrected chi connectivity index (χ3v) is 5.72. The number of rotatable bonds is 4. The SMILES string of the molecule is COc1ccc(-c2nc3s/c(=C\c4c(Cl)cccc4Cl)c(=O)n3n2)cc1OC. The van der Waals surface area contributed by atoms with Gasteiger partial charge in [0.05, 0.1) is 18.8 Å². The highest BCUT2D eigenvalue weighted by Gasteiger charge is 2.14. The molecule has 0 aliphatic rings. The molecule has 2 aromatic carbocycles. The van der Waals surface area contributed by atoms with E-state index in [0.29, 0.717) is 48.0 Å². The Hall–Kier alpha value is -2.61. The smallest absolute Gasteiger partial charge is 0.291 e. The lowest BCUT2D eigenvalue weighted by Gasteiger charge is -2.07. The summed E-state index contributed by atoms with van der Waals surface area (Å²) >= 11 is 13.6. The molecule has 142 valence electrons. The van der Waals surface area contributed by atoms with Gasteiger partial charge in [0.15, 0.2) is 17.3 Å². The van der Waals surface area contributed by atoms with Gasteiger partial charge in [0.2, 0.25) is 4.96 Å². The van der Waals surface area contributed by atoms with Crippen molar-refractivity contribution in [2.24, 2.45) is 0 Å². The summed E-state index contributed by atoms with van der Waals surface area (Å²) < 4.78 is 12.3. The van der Waals surface area contributed by atoms with Gasteiger partial charge in [0, 0.05) is 21.2 Å². The minimum Gasteiger partial charge on any atom is -0.493 e. The van der Waals surface area contributed by atoms with E-state index in [1.54, 1.807) is 50.6 Å². The molecule has 0 saturated heterocycles. The van der Waals surface area contributed by atoms with E-state index in [1.807, 2.05) is 6.07 Å². The van der Waals surface area contributed by atoms with Gasteiger partial charge in [-0.1, -0.05) is 40.6 Å². The number of benzene rings is 2. The molecule has 0 amide bonds. The molecule has 28 heavy (non-hydrogen) atoms. The Morgan fingerprint density at radius 1 is 1.07 bits per heavy atom. The first-order valence-corrected chi connectivity index (χ1v) is 9.66. The quantitative estimate of drug-likeness (QED) is 0.490. The van der Waals surface area contributed by atoms with Crippen LogP contribution in [0.4, 0.5) is 0 Å². The molecule has 0 fully saturated rings. The van der Waals surface area contributed by atoms with Crippen molar-refractivity contribution in [3.8, 4) is 22.9 Å². The number of hydrogen-bond donors (Lipinski definition) is 0. The van der Waals surface area contributed by atoms with Crippen LogP contribution in [-0.2, 0) is 0 Å². The molecular weight excluding hydrogens is 421 g/mol. The summed E-state index contributed by atoms with van der Waals surface area (Å²) in [6.45, 7) is 0. The second-order valence-electron chi connectivity index (χ2n) is 5.75. The van der Waals surface area contributed by atoms with Gasteiger partial charge in [0.1, 0.15) is 0 Å². The average molecular weight is 434 g/mol. The fourth-order valence-corrected chi connectivity index (χ4v) is 4.11. The molecule has 6 nitrogen and oxygen atoms in total. The van der Waals surface area contributed by atoms with Gasteiger partial charge in [-0.25, -0.2) is 0 Å². The van der Waals surface area contributed by atoms with Gasteiger partial charge in [-0.15, -0.1) is 5.10 Å². The van der Waals surface area contributed by atoms with Crippen molar-refractivity contribution >= 4 is 45.6 Å². The summed E-state index contributed by atoms with van der Waals surface area (Å²) in [6.07, 6.45) is 1.66. The van der Waals surface area contributed by atoms with Crippen molar-refractivity contribution in [1.29, 1.82) is 0 Å². The van der Waals surface area contributed by atoms with Crippen LogP contribution in [0.25, 0.3) is 22.4 Å². The molecule has 9 heteroatoms. The zero-order valence-corrected chi connectivity index (χ0v) is 17.1. The van der Waals surface area contributed by atoms with E-state index in [9.17, 15) is 4.79 Å². The Bertz CT molecular complexity index is 1280. The molecule has 0 aliphatic heterocycles. The number of thiazole rings is 1. The Morgan fingerprint density at radius 2 is 1.79 bits per heavy atom. The van der Waals surface area contributed by atoms with E-state index in [1.165, 1.54) is 15.9 Å². The zero-order chi connectivity index (χ0) is 19.8.